The fourth-order valence-corrected chi connectivity index (χ4v) is 3.41. The second kappa shape index (κ2) is 10.4. The highest BCUT2D eigenvalue weighted by molar-refractivity contribution is 5.91. The fourth-order valence-electron chi connectivity index (χ4n) is 3.41. The molecule has 2 amide bonds. The zero-order valence-electron chi connectivity index (χ0n) is 18.7. The van der Waals surface area contributed by atoms with E-state index in [0.29, 0.717) is 11.1 Å². The van der Waals surface area contributed by atoms with Crippen LogP contribution in [0.5, 0.6) is 5.75 Å². The highest BCUT2D eigenvalue weighted by Crippen LogP contribution is 2.26. The monoisotopic (exact) mass is 450 g/mol. The van der Waals surface area contributed by atoms with Gasteiger partial charge in [0.15, 0.2) is 5.69 Å². The van der Waals surface area contributed by atoms with E-state index in [0.717, 1.165) is 11.1 Å². The fraction of sp³-hybridized carbons (Fsp3) is 0.250. The number of anilines is 1. The molecule has 1 aromatic carbocycles. The molecular weight excluding hydrogens is 424 g/mol. The number of nitrogens with one attached hydrogen (secondary N) is 2. The minimum absolute atomic E-state index is 0.116. The Morgan fingerprint density at radius 3 is 2.67 bits per heavy atom. The normalized spacial score (nSPS) is 11.5. The Hall–Kier alpha value is -4.14. The molecule has 0 saturated heterocycles. The maximum Gasteiger partial charge on any atom is 0.319 e. The van der Waals surface area contributed by atoms with Crippen LogP contribution in [0.2, 0.25) is 0 Å². The van der Waals surface area contributed by atoms with E-state index in [9.17, 15) is 19.5 Å². The molecule has 172 valence electrons. The molecule has 0 aliphatic heterocycles. The van der Waals surface area contributed by atoms with Crippen LogP contribution in [-0.2, 0) is 16.6 Å². The van der Waals surface area contributed by atoms with Crippen LogP contribution in [0.4, 0.5) is 10.5 Å². The van der Waals surface area contributed by atoms with Crippen molar-refractivity contribution in [2.45, 2.75) is 26.3 Å². The quantitative estimate of drug-likeness (QED) is 0.475. The predicted molar refractivity (Wildman–Crippen MR) is 124 cm³/mol. The van der Waals surface area contributed by atoms with Gasteiger partial charge in [-0.2, -0.15) is 0 Å². The zero-order valence-corrected chi connectivity index (χ0v) is 18.7. The number of benzene rings is 1. The van der Waals surface area contributed by atoms with E-state index in [-0.39, 0.29) is 24.5 Å². The number of esters is 1. The van der Waals surface area contributed by atoms with Crippen LogP contribution < -0.4 is 16.2 Å². The number of pyridine rings is 2. The van der Waals surface area contributed by atoms with Crippen molar-refractivity contribution in [3.05, 3.63) is 76.5 Å². The molecule has 2 aromatic heterocycles. The van der Waals surface area contributed by atoms with Crippen molar-refractivity contribution in [2.75, 3.05) is 11.9 Å². The van der Waals surface area contributed by atoms with Crippen molar-refractivity contribution in [3.63, 3.8) is 0 Å². The van der Waals surface area contributed by atoms with Gasteiger partial charge in [-0.25, -0.2) is 4.79 Å². The lowest BCUT2D eigenvalue weighted by molar-refractivity contribution is -0.143. The van der Waals surface area contributed by atoms with Crippen molar-refractivity contribution in [2.24, 2.45) is 7.05 Å². The summed E-state index contributed by atoms with van der Waals surface area (Å²) >= 11 is 0. The van der Waals surface area contributed by atoms with E-state index in [4.69, 9.17) is 4.74 Å². The first kappa shape index (κ1) is 23.5. The highest BCUT2D eigenvalue weighted by Gasteiger charge is 2.22. The summed E-state index contributed by atoms with van der Waals surface area (Å²) in [5, 5.41) is 15.4. The van der Waals surface area contributed by atoms with Crippen LogP contribution in [0.25, 0.3) is 11.1 Å². The van der Waals surface area contributed by atoms with Crippen molar-refractivity contribution in [1.82, 2.24) is 14.9 Å². The lowest BCUT2D eigenvalue weighted by atomic mass is 9.98. The molecule has 0 aliphatic rings. The number of carbonyl (C=O) groups excluding carboxylic acids is 2. The second-order valence-corrected chi connectivity index (χ2v) is 7.48. The number of rotatable bonds is 7. The van der Waals surface area contributed by atoms with E-state index in [1.165, 1.54) is 17.8 Å². The lowest BCUT2D eigenvalue weighted by Crippen LogP contribution is -2.36. The smallest absolute Gasteiger partial charge is 0.319 e. The number of aromatic nitrogens is 2. The molecule has 9 nitrogen and oxygen atoms in total. The van der Waals surface area contributed by atoms with E-state index in [2.05, 4.69) is 15.6 Å². The SMILES string of the molecule is CCOC(=O)C[C@H](NC(=O)Nc1c(O)c(C)cn(C)c1=O)c1cccc(-c2cccnc2)c1. The van der Waals surface area contributed by atoms with Gasteiger partial charge in [-0.3, -0.25) is 14.6 Å². The van der Waals surface area contributed by atoms with E-state index < -0.39 is 23.6 Å². The number of aryl methyl sites for hydroxylation is 2. The maximum atomic E-state index is 12.8. The summed E-state index contributed by atoms with van der Waals surface area (Å²) in [6, 6.07) is 9.60. The molecule has 0 radical (unpaired) electrons. The number of aromatic hydroxyl groups is 1. The van der Waals surface area contributed by atoms with Crippen LogP contribution in [-0.4, -0.2) is 33.3 Å². The molecule has 0 saturated carbocycles. The Morgan fingerprint density at radius 2 is 1.97 bits per heavy atom. The van der Waals surface area contributed by atoms with Gasteiger partial charge in [0.2, 0.25) is 0 Å². The Balaban J connectivity index is 1.89. The van der Waals surface area contributed by atoms with Gasteiger partial charge in [0.1, 0.15) is 5.75 Å². The number of hydrogen-bond donors (Lipinski definition) is 3. The summed E-state index contributed by atoms with van der Waals surface area (Å²) in [6.45, 7) is 3.53. The first-order chi connectivity index (χ1) is 15.8. The summed E-state index contributed by atoms with van der Waals surface area (Å²) in [5.41, 5.74) is 2.04. The minimum Gasteiger partial charge on any atom is -0.505 e. The van der Waals surface area contributed by atoms with Crippen LogP contribution in [0, 0.1) is 6.92 Å². The molecule has 0 bridgehead atoms. The van der Waals surface area contributed by atoms with Gasteiger partial charge in [-0.1, -0.05) is 24.3 Å². The average Bonchev–Trinajstić information content (AvgIpc) is 2.81. The molecule has 3 aromatic rings. The number of urea groups is 1. The Labute approximate surface area is 191 Å². The topological polar surface area (TPSA) is 123 Å². The van der Waals surface area contributed by atoms with Gasteiger partial charge < -0.3 is 25.0 Å². The number of ether oxygens (including phenoxy) is 1. The Bertz CT molecular complexity index is 1210. The van der Waals surface area contributed by atoms with E-state index >= 15 is 0 Å². The van der Waals surface area contributed by atoms with E-state index in [1.54, 1.807) is 32.3 Å². The van der Waals surface area contributed by atoms with Gasteiger partial charge >= 0.3 is 12.0 Å². The molecule has 0 aliphatic carbocycles. The number of nitrogens with zero attached hydrogens (tertiary/aromatic N) is 2. The van der Waals surface area contributed by atoms with Crippen molar-refractivity contribution in [1.29, 1.82) is 0 Å². The van der Waals surface area contributed by atoms with Gasteiger partial charge in [-0.15, -0.1) is 0 Å². The van der Waals surface area contributed by atoms with Gasteiger partial charge in [0.05, 0.1) is 19.1 Å². The average molecular weight is 450 g/mol. The second-order valence-electron chi connectivity index (χ2n) is 7.48. The third kappa shape index (κ3) is 5.76. The molecule has 2 heterocycles. The van der Waals surface area contributed by atoms with E-state index in [1.807, 2.05) is 30.3 Å². The predicted octanol–water partition coefficient (Wildman–Crippen LogP) is 3.28. The zero-order chi connectivity index (χ0) is 24.0. The standard InChI is InChI=1S/C24H26N4O5/c1-4-33-20(29)12-19(17-8-5-7-16(11-17)18-9-6-10-25-13-18)26-24(32)27-21-22(30)15(2)14-28(3)23(21)31/h5-11,13-14,19,30H,4,12H2,1-3H3,(H2,26,27,32)/t19-/m0/s1. The number of amides is 2. The molecule has 3 rings (SSSR count). The summed E-state index contributed by atoms with van der Waals surface area (Å²) in [7, 11) is 1.52. The Morgan fingerprint density at radius 1 is 1.21 bits per heavy atom. The van der Waals surface area contributed by atoms with Crippen molar-refractivity contribution >= 4 is 17.7 Å². The van der Waals surface area contributed by atoms with Crippen LogP contribution in [0.1, 0.15) is 30.5 Å². The molecule has 0 spiro atoms. The highest BCUT2D eigenvalue weighted by atomic mass is 16.5. The molecule has 0 unspecified atom stereocenters. The first-order valence-corrected chi connectivity index (χ1v) is 10.4. The maximum absolute atomic E-state index is 12.8. The third-order valence-corrected chi connectivity index (χ3v) is 5.04. The van der Waals surface area contributed by atoms with Gasteiger partial charge in [0.25, 0.3) is 5.56 Å². The minimum atomic E-state index is -0.742. The van der Waals surface area contributed by atoms with Gasteiger partial charge in [0, 0.05) is 31.2 Å². The molecule has 9 heteroatoms. The molecule has 3 N–H and O–H groups in total. The first-order valence-electron chi connectivity index (χ1n) is 10.4. The lowest BCUT2D eigenvalue weighted by Gasteiger charge is -2.20. The van der Waals surface area contributed by atoms with Crippen LogP contribution >= 0.6 is 0 Å². The largest absolute Gasteiger partial charge is 0.505 e. The summed E-state index contributed by atoms with van der Waals surface area (Å²) < 4.78 is 6.33. The third-order valence-electron chi connectivity index (χ3n) is 5.04. The Kier molecular flexibility index (Phi) is 7.45. The summed E-state index contributed by atoms with van der Waals surface area (Å²) in [6.07, 6.45) is 4.74. The van der Waals surface area contributed by atoms with Crippen LogP contribution in [0.15, 0.2) is 59.8 Å². The number of carbonyl (C=O) groups is 2. The molecule has 1 atom stereocenters. The summed E-state index contributed by atoms with van der Waals surface area (Å²) in [4.78, 5) is 41.5. The van der Waals surface area contributed by atoms with Crippen LogP contribution in [0.3, 0.4) is 0 Å². The summed E-state index contributed by atoms with van der Waals surface area (Å²) in [5.74, 6) is -0.794. The van der Waals surface area contributed by atoms with Crippen molar-refractivity contribution < 1.29 is 19.4 Å². The molecule has 33 heavy (non-hydrogen) atoms. The van der Waals surface area contributed by atoms with Gasteiger partial charge in [-0.05, 0) is 42.7 Å². The molecule has 0 fully saturated rings. The number of hydrogen-bond acceptors (Lipinski definition) is 6. The molecular formula is C24H26N4O5. The van der Waals surface area contributed by atoms with Crippen molar-refractivity contribution in [3.8, 4) is 16.9 Å².